The molecule has 0 radical (unpaired) electrons. The van der Waals surface area contributed by atoms with Crippen LogP contribution in [0.1, 0.15) is 44.7 Å². The molecule has 3 nitrogen and oxygen atoms in total. The first kappa shape index (κ1) is 14.3. The van der Waals surface area contributed by atoms with Gasteiger partial charge in [-0.05, 0) is 33.6 Å². The van der Waals surface area contributed by atoms with Crippen molar-refractivity contribution in [2.45, 2.75) is 45.3 Å². The summed E-state index contributed by atoms with van der Waals surface area (Å²) in [6, 6.07) is 0. The Hall–Kier alpha value is -0.160. The van der Waals surface area contributed by atoms with Gasteiger partial charge in [-0.25, -0.2) is 4.98 Å². The Balaban J connectivity index is 2.02. The molecule has 1 aromatic heterocycles. The van der Waals surface area contributed by atoms with Crippen molar-refractivity contribution < 1.29 is 4.74 Å². The Bertz CT molecular complexity index is 389. The Kier molecular flexibility index (Phi) is 4.64. The molecule has 0 saturated carbocycles. The standard InChI is InChI=1S/C13H21ClN2OS/c1-13(2,3)16-7-9-5-4-6-17-11(9)12-15-8-10(14)18-12/h8-9,11,16H,4-7H2,1-3H3. The molecule has 1 aliphatic rings. The largest absolute Gasteiger partial charge is 0.371 e. The van der Waals surface area contributed by atoms with E-state index in [2.05, 4.69) is 31.1 Å². The van der Waals surface area contributed by atoms with Crippen LogP contribution in [0, 0.1) is 5.92 Å². The van der Waals surface area contributed by atoms with E-state index in [9.17, 15) is 0 Å². The van der Waals surface area contributed by atoms with Crippen LogP contribution in [0.25, 0.3) is 0 Å². The number of halogens is 1. The van der Waals surface area contributed by atoms with Gasteiger partial charge in [-0.15, -0.1) is 11.3 Å². The molecule has 1 aromatic rings. The molecule has 102 valence electrons. The van der Waals surface area contributed by atoms with Crippen LogP contribution >= 0.6 is 22.9 Å². The number of nitrogens with zero attached hydrogens (tertiary/aromatic N) is 1. The third kappa shape index (κ3) is 3.92. The fourth-order valence-electron chi connectivity index (χ4n) is 2.16. The Labute approximate surface area is 118 Å². The number of nitrogens with one attached hydrogen (secondary N) is 1. The molecule has 1 aliphatic heterocycles. The van der Waals surface area contributed by atoms with E-state index in [1.807, 2.05) is 0 Å². The second kappa shape index (κ2) is 5.87. The smallest absolute Gasteiger partial charge is 0.123 e. The van der Waals surface area contributed by atoms with Gasteiger partial charge >= 0.3 is 0 Å². The average Bonchev–Trinajstić information content (AvgIpc) is 2.72. The minimum atomic E-state index is 0.103. The zero-order valence-electron chi connectivity index (χ0n) is 11.2. The summed E-state index contributed by atoms with van der Waals surface area (Å²) in [5, 5.41) is 4.58. The van der Waals surface area contributed by atoms with Crippen LogP contribution in [0.3, 0.4) is 0 Å². The van der Waals surface area contributed by atoms with Crippen LogP contribution < -0.4 is 5.32 Å². The molecule has 1 saturated heterocycles. The summed E-state index contributed by atoms with van der Waals surface area (Å²) >= 11 is 7.49. The number of thiazole rings is 1. The molecule has 0 aliphatic carbocycles. The van der Waals surface area contributed by atoms with Gasteiger partial charge in [0.05, 0.1) is 6.20 Å². The minimum absolute atomic E-state index is 0.103. The lowest BCUT2D eigenvalue weighted by Gasteiger charge is -2.33. The predicted molar refractivity (Wildman–Crippen MR) is 76.3 cm³/mol. The zero-order valence-corrected chi connectivity index (χ0v) is 12.8. The Morgan fingerprint density at radius 2 is 2.33 bits per heavy atom. The van der Waals surface area contributed by atoms with Crippen molar-refractivity contribution in [2.24, 2.45) is 5.92 Å². The van der Waals surface area contributed by atoms with Crippen LogP contribution in [-0.4, -0.2) is 23.7 Å². The SMILES string of the molecule is CC(C)(C)NCC1CCCOC1c1ncc(Cl)s1. The fourth-order valence-corrected chi connectivity index (χ4v) is 3.23. The van der Waals surface area contributed by atoms with Crippen molar-refractivity contribution in [3.8, 4) is 0 Å². The van der Waals surface area contributed by atoms with Crippen molar-refractivity contribution >= 4 is 22.9 Å². The lowest BCUT2D eigenvalue weighted by molar-refractivity contribution is -0.0293. The molecule has 0 amide bonds. The van der Waals surface area contributed by atoms with E-state index < -0.39 is 0 Å². The zero-order chi connectivity index (χ0) is 13.2. The summed E-state index contributed by atoms with van der Waals surface area (Å²) in [4.78, 5) is 4.37. The molecule has 5 heteroatoms. The highest BCUT2D eigenvalue weighted by Gasteiger charge is 2.30. The summed E-state index contributed by atoms with van der Waals surface area (Å²) in [5.41, 5.74) is 0.141. The number of hydrogen-bond acceptors (Lipinski definition) is 4. The van der Waals surface area contributed by atoms with Crippen molar-refractivity contribution in [3.05, 3.63) is 15.5 Å². The van der Waals surface area contributed by atoms with E-state index in [1.165, 1.54) is 17.8 Å². The fraction of sp³-hybridized carbons (Fsp3) is 0.769. The lowest BCUT2D eigenvalue weighted by atomic mass is 9.93. The van der Waals surface area contributed by atoms with Gasteiger partial charge in [0.15, 0.2) is 0 Å². The number of aromatic nitrogens is 1. The molecular formula is C13H21ClN2OS. The summed E-state index contributed by atoms with van der Waals surface area (Å²) in [6.07, 6.45) is 4.14. The van der Waals surface area contributed by atoms with Crippen molar-refractivity contribution in [3.63, 3.8) is 0 Å². The van der Waals surface area contributed by atoms with Crippen LogP contribution in [0.5, 0.6) is 0 Å². The number of rotatable bonds is 3. The molecule has 2 rings (SSSR count). The van der Waals surface area contributed by atoms with Crippen molar-refractivity contribution in [1.29, 1.82) is 0 Å². The van der Waals surface area contributed by atoms with Gasteiger partial charge in [0.25, 0.3) is 0 Å². The predicted octanol–water partition coefficient (Wildman–Crippen LogP) is 3.65. The molecule has 1 N–H and O–H groups in total. The van der Waals surface area contributed by atoms with E-state index in [0.29, 0.717) is 5.92 Å². The van der Waals surface area contributed by atoms with E-state index >= 15 is 0 Å². The second-order valence-corrected chi connectivity index (χ2v) is 7.52. The van der Waals surface area contributed by atoms with E-state index in [4.69, 9.17) is 16.3 Å². The molecule has 0 spiro atoms. The summed E-state index contributed by atoms with van der Waals surface area (Å²) in [6.45, 7) is 8.35. The maximum absolute atomic E-state index is 5.96. The van der Waals surface area contributed by atoms with E-state index in [-0.39, 0.29) is 11.6 Å². The average molecular weight is 289 g/mol. The maximum Gasteiger partial charge on any atom is 0.123 e. The number of ether oxygens (including phenoxy) is 1. The lowest BCUT2D eigenvalue weighted by Crippen LogP contribution is -2.41. The third-order valence-electron chi connectivity index (χ3n) is 3.08. The van der Waals surface area contributed by atoms with Crippen LogP contribution in [0.15, 0.2) is 6.20 Å². The van der Waals surface area contributed by atoms with Gasteiger partial charge in [0.1, 0.15) is 15.4 Å². The van der Waals surface area contributed by atoms with Crippen molar-refractivity contribution in [2.75, 3.05) is 13.2 Å². The first-order chi connectivity index (χ1) is 8.46. The van der Waals surface area contributed by atoms with Gasteiger partial charge in [-0.2, -0.15) is 0 Å². The first-order valence-electron chi connectivity index (χ1n) is 6.43. The van der Waals surface area contributed by atoms with Gasteiger partial charge in [-0.3, -0.25) is 0 Å². The molecule has 18 heavy (non-hydrogen) atoms. The van der Waals surface area contributed by atoms with Gasteiger partial charge in [0.2, 0.25) is 0 Å². The van der Waals surface area contributed by atoms with Crippen molar-refractivity contribution in [1.82, 2.24) is 10.3 Å². The highest BCUT2D eigenvalue weighted by atomic mass is 35.5. The maximum atomic E-state index is 5.96. The van der Waals surface area contributed by atoms with E-state index in [0.717, 1.165) is 28.9 Å². The van der Waals surface area contributed by atoms with Crippen LogP contribution in [-0.2, 0) is 4.74 Å². The summed E-state index contributed by atoms with van der Waals surface area (Å²) in [5.74, 6) is 0.486. The molecule has 0 aromatic carbocycles. The molecule has 0 bridgehead atoms. The molecule has 1 fully saturated rings. The van der Waals surface area contributed by atoms with Crippen LogP contribution in [0.2, 0.25) is 4.34 Å². The van der Waals surface area contributed by atoms with Gasteiger partial charge in [-0.1, -0.05) is 11.6 Å². The number of hydrogen-bond donors (Lipinski definition) is 1. The van der Waals surface area contributed by atoms with E-state index in [1.54, 1.807) is 6.20 Å². The monoisotopic (exact) mass is 288 g/mol. The topological polar surface area (TPSA) is 34.1 Å². The minimum Gasteiger partial charge on any atom is -0.371 e. The Morgan fingerprint density at radius 3 is 2.94 bits per heavy atom. The second-order valence-electron chi connectivity index (χ2n) is 5.83. The molecule has 2 unspecified atom stereocenters. The highest BCUT2D eigenvalue weighted by Crippen LogP contribution is 2.36. The quantitative estimate of drug-likeness (QED) is 0.922. The Morgan fingerprint density at radius 1 is 1.56 bits per heavy atom. The first-order valence-corrected chi connectivity index (χ1v) is 7.63. The molecular weight excluding hydrogens is 268 g/mol. The van der Waals surface area contributed by atoms with Crippen LogP contribution in [0.4, 0.5) is 0 Å². The summed E-state index contributed by atoms with van der Waals surface area (Å²) < 4.78 is 6.64. The third-order valence-corrected chi connectivity index (χ3v) is 4.25. The molecule has 2 atom stereocenters. The highest BCUT2D eigenvalue weighted by molar-refractivity contribution is 7.15. The van der Waals surface area contributed by atoms with Gasteiger partial charge in [0, 0.05) is 24.6 Å². The normalized spacial score (nSPS) is 25.3. The molecule has 2 heterocycles. The summed E-state index contributed by atoms with van der Waals surface area (Å²) in [7, 11) is 0. The van der Waals surface area contributed by atoms with Gasteiger partial charge < -0.3 is 10.1 Å².